The summed E-state index contributed by atoms with van der Waals surface area (Å²) in [6, 6.07) is 15.0. The Kier molecular flexibility index (Phi) is 6.13. The van der Waals surface area contributed by atoms with E-state index in [1.807, 2.05) is 49.4 Å². The van der Waals surface area contributed by atoms with Crippen molar-refractivity contribution in [2.45, 2.75) is 43.9 Å². The monoisotopic (exact) mass is 440 g/mol. The van der Waals surface area contributed by atoms with Gasteiger partial charge in [-0.05, 0) is 36.6 Å². The zero-order valence-corrected chi connectivity index (χ0v) is 17.9. The number of carbonyl (C=O) groups excluding carboxylic acids is 3. The van der Waals surface area contributed by atoms with Crippen LogP contribution in [0.15, 0.2) is 54.6 Å². The maximum Gasteiger partial charge on any atom is 0.315 e. The molecule has 2 heterocycles. The van der Waals surface area contributed by atoms with Crippen molar-refractivity contribution in [3.63, 3.8) is 0 Å². The van der Waals surface area contributed by atoms with Crippen LogP contribution in [0.5, 0.6) is 0 Å². The number of nitrogens with zero attached hydrogens (tertiary/aromatic N) is 1. The zero-order chi connectivity index (χ0) is 22.0. The Hall–Kier alpha value is -3.06. The van der Waals surface area contributed by atoms with Crippen molar-refractivity contribution >= 4 is 29.4 Å². The molecule has 3 N–H and O–H groups in total. The minimum Gasteiger partial charge on any atom is -0.342 e. The van der Waals surface area contributed by atoms with Gasteiger partial charge in [0.25, 0.3) is 0 Å². The number of hydrogen-bond donors (Lipinski definition) is 3. The molecule has 2 fully saturated rings. The van der Waals surface area contributed by atoms with Crippen molar-refractivity contribution in [2.24, 2.45) is 0 Å². The van der Waals surface area contributed by atoms with Gasteiger partial charge >= 0.3 is 6.03 Å². The predicted octanol–water partition coefficient (Wildman–Crippen LogP) is 2.41. The number of rotatable bonds is 5. The molecule has 0 saturated carbocycles. The first-order chi connectivity index (χ1) is 14.9. The maximum atomic E-state index is 13.0. The van der Waals surface area contributed by atoms with Crippen molar-refractivity contribution in [1.82, 2.24) is 20.9 Å². The zero-order valence-electron chi connectivity index (χ0n) is 17.2. The summed E-state index contributed by atoms with van der Waals surface area (Å²) in [5.74, 6) is -0.303. The second-order valence-corrected chi connectivity index (χ2v) is 8.52. The van der Waals surface area contributed by atoms with Gasteiger partial charge < -0.3 is 20.9 Å². The number of urea groups is 1. The maximum absolute atomic E-state index is 13.0. The molecule has 2 aliphatic rings. The van der Waals surface area contributed by atoms with Gasteiger partial charge in [0.05, 0.1) is 12.1 Å². The first-order valence-electron chi connectivity index (χ1n) is 10.4. The molecular formula is C23H25ClN4O3. The van der Waals surface area contributed by atoms with Crippen LogP contribution in [-0.2, 0) is 16.0 Å². The molecule has 31 heavy (non-hydrogen) atoms. The lowest BCUT2D eigenvalue weighted by Gasteiger charge is -2.34. The van der Waals surface area contributed by atoms with E-state index in [0.29, 0.717) is 24.4 Å². The first-order valence-corrected chi connectivity index (χ1v) is 10.8. The van der Waals surface area contributed by atoms with Crippen LogP contribution in [0, 0.1) is 0 Å². The number of benzene rings is 2. The van der Waals surface area contributed by atoms with Gasteiger partial charge in [0, 0.05) is 18.0 Å². The third-order valence-electron chi connectivity index (χ3n) is 5.84. The molecule has 7 nitrogen and oxygen atoms in total. The molecule has 162 valence electrons. The number of amides is 4. The molecule has 0 unspecified atom stereocenters. The largest absolute Gasteiger partial charge is 0.342 e. The van der Waals surface area contributed by atoms with Crippen LogP contribution in [0.1, 0.15) is 30.5 Å². The summed E-state index contributed by atoms with van der Waals surface area (Å²) in [6.45, 7) is 2.23. The van der Waals surface area contributed by atoms with Crippen molar-refractivity contribution in [1.29, 1.82) is 0 Å². The van der Waals surface area contributed by atoms with Crippen LogP contribution in [-0.4, -0.2) is 47.4 Å². The number of piperazine rings is 1. The highest BCUT2D eigenvalue weighted by molar-refractivity contribution is 6.30. The second-order valence-electron chi connectivity index (χ2n) is 8.08. The van der Waals surface area contributed by atoms with Gasteiger partial charge in [-0.3, -0.25) is 9.59 Å². The predicted molar refractivity (Wildman–Crippen MR) is 118 cm³/mol. The van der Waals surface area contributed by atoms with Gasteiger partial charge in [-0.25, -0.2) is 4.79 Å². The number of halogens is 1. The molecule has 4 amide bonds. The van der Waals surface area contributed by atoms with Crippen LogP contribution in [0.2, 0.25) is 5.02 Å². The summed E-state index contributed by atoms with van der Waals surface area (Å²) in [4.78, 5) is 39.6. The summed E-state index contributed by atoms with van der Waals surface area (Å²) in [6.07, 6.45) is 0.802. The Bertz CT molecular complexity index is 967. The van der Waals surface area contributed by atoms with E-state index in [1.54, 1.807) is 17.0 Å². The lowest BCUT2D eigenvalue weighted by Crippen LogP contribution is -2.61. The Labute approximate surface area is 186 Å². The van der Waals surface area contributed by atoms with Crippen LogP contribution < -0.4 is 16.0 Å². The molecule has 2 aromatic carbocycles. The number of nitrogens with one attached hydrogen (secondary N) is 3. The molecule has 4 rings (SSSR count). The smallest absolute Gasteiger partial charge is 0.315 e. The standard InChI is InChI=1S/C23H25ClN4O3/c1-14(16-5-3-2-4-6-16)25-23(31)26-18-12-20-21(29)27-19(22(30)28(20)13-18)11-15-7-9-17(24)10-8-15/h2-10,14,18-20H,11-13H2,1H3,(H,27,29)(H2,25,26,31)/t14-,18+,19+,20+/m1/s1. The Balaban J connectivity index is 1.35. The summed E-state index contributed by atoms with van der Waals surface area (Å²) in [5, 5.41) is 9.28. The van der Waals surface area contributed by atoms with Crippen LogP contribution in [0.3, 0.4) is 0 Å². The van der Waals surface area contributed by atoms with Gasteiger partial charge in [0.15, 0.2) is 0 Å². The van der Waals surface area contributed by atoms with Crippen molar-refractivity contribution in [2.75, 3.05) is 6.54 Å². The second kappa shape index (κ2) is 8.98. The number of fused-ring (bicyclic) bond motifs is 1. The lowest BCUT2D eigenvalue weighted by atomic mass is 10.0. The minimum absolute atomic E-state index is 0.123. The summed E-state index contributed by atoms with van der Waals surface area (Å²) >= 11 is 5.92. The molecule has 8 heteroatoms. The normalized spacial score (nSPS) is 23.7. The summed E-state index contributed by atoms with van der Waals surface area (Å²) in [5.41, 5.74) is 1.92. The fraction of sp³-hybridized carbons (Fsp3) is 0.348. The first kappa shape index (κ1) is 21.2. The molecular weight excluding hydrogens is 416 g/mol. The van der Waals surface area contributed by atoms with Crippen molar-refractivity contribution < 1.29 is 14.4 Å². The molecule has 0 bridgehead atoms. The van der Waals surface area contributed by atoms with Gasteiger partial charge in [0.1, 0.15) is 12.1 Å². The van der Waals surface area contributed by atoms with E-state index >= 15 is 0 Å². The molecule has 2 aromatic rings. The quantitative estimate of drug-likeness (QED) is 0.666. The van der Waals surface area contributed by atoms with Gasteiger partial charge in [-0.15, -0.1) is 0 Å². The Morgan fingerprint density at radius 1 is 1.16 bits per heavy atom. The Morgan fingerprint density at radius 3 is 2.58 bits per heavy atom. The van der Waals surface area contributed by atoms with Crippen molar-refractivity contribution in [3.05, 3.63) is 70.7 Å². The van der Waals surface area contributed by atoms with E-state index in [9.17, 15) is 14.4 Å². The van der Waals surface area contributed by atoms with Crippen LogP contribution in [0.25, 0.3) is 0 Å². The van der Waals surface area contributed by atoms with E-state index in [1.165, 1.54) is 0 Å². The lowest BCUT2D eigenvalue weighted by molar-refractivity contribution is -0.147. The van der Waals surface area contributed by atoms with Gasteiger partial charge in [-0.1, -0.05) is 54.1 Å². The molecule has 0 aliphatic carbocycles. The molecule has 0 radical (unpaired) electrons. The van der Waals surface area contributed by atoms with Gasteiger partial charge in [-0.2, -0.15) is 0 Å². The average molecular weight is 441 g/mol. The van der Waals surface area contributed by atoms with E-state index in [-0.39, 0.29) is 29.9 Å². The topological polar surface area (TPSA) is 90.5 Å². The van der Waals surface area contributed by atoms with E-state index < -0.39 is 12.1 Å². The number of carbonyl (C=O) groups is 3. The average Bonchev–Trinajstić information content (AvgIpc) is 3.18. The van der Waals surface area contributed by atoms with Crippen LogP contribution >= 0.6 is 11.6 Å². The SMILES string of the molecule is C[C@@H](NC(=O)N[C@H]1C[C@H]2C(=O)N[C@@H](Cc3ccc(Cl)cc3)C(=O)N2C1)c1ccccc1. The highest BCUT2D eigenvalue weighted by atomic mass is 35.5. The van der Waals surface area contributed by atoms with Crippen molar-refractivity contribution in [3.8, 4) is 0 Å². The van der Waals surface area contributed by atoms with Gasteiger partial charge in [0.2, 0.25) is 11.8 Å². The fourth-order valence-corrected chi connectivity index (χ4v) is 4.33. The van der Waals surface area contributed by atoms with E-state index in [0.717, 1.165) is 11.1 Å². The third-order valence-corrected chi connectivity index (χ3v) is 6.09. The molecule has 4 atom stereocenters. The molecule has 2 saturated heterocycles. The Morgan fingerprint density at radius 2 is 1.87 bits per heavy atom. The highest BCUT2D eigenvalue weighted by Crippen LogP contribution is 2.24. The van der Waals surface area contributed by atoms with Crippen LogP contribution in [0.4, 0.5) is 4.79 Å². The third kappa shape index (κ3) is 4.82. The van der Waals surface area contributed by atoms with E-state index in [2.05, 4.69) is 16.0 Å². The summed E-state index contributed by atoms with van der Waals surface area (Å²) < 4.78 is 0. The fourth-order valence-electron chi connectivity index (χ4n) is 4.21. The summed E-state index contributed by atoms with van der Waals surface area (Å²) in [7, 11) is 0. The minimum atomic E-state index is -0.615. The highest BCUT2D eigenvalue weighted by Gasteiger charge is 2.46. The number of hydrogen-bond acceptors (Lipinski definition) is 3. The van der Waals surface area contributed by atoms with E-state index in [4.69, 9.17) is 11.6 Å². The molecule has 2 aliphatic heterocycles. The molecule has 0 spiro atoms. The molecule has 0 aromatic heterocycles.